The van der Waals surface area contributed by atoms with E-state index in [1.807, 2.05) is 12.1 Å². The highest BCUT2D eigenvalue weighted by molar-refractivity contribution is 7.89. The fourth-order valence-electron chi connectivity index (χ4n) is 3.57. The summed E-state index contributed by atoms with van der Waals surface area (Å²) in [5.41, 5.74) is 2.26. The van der Waals surface area contributed by atoms with Gasteiger partial charge in [-0.3, -0.25) is 0 Å². The molecule has 2 aromatic carbocycles. The van der Waals surface area contributed by atoms with Gasteiger partial charge in [-0.2, -0.15) is 0 Å². The van der Waals surface area contributed by atoms with Crippen LogP contribution in [-0.4, -0.2) is 36.0 Å². The summed E-state index contributed by atoms with van der Waals surface area (Å²) in [5.74, 6) is 2.43. The van der Waals surface area contributed by atoms with E-state index in [1.54, 1.807) is 20.3 Å². The molecule has 7 nitrogen and oxygen atoms in total. The maximum absolute atomic E-state index is 12.7. The fourth-order valence-corrected chi connectivity index (χ4v) is 4.66. The van der Waals surface area contributed by atoms with Crippen LogP contribution in [0.5, 0.6) is 23.0 Å². The summed E-state index contributed by atoms with van der Waals surface area (Å²) >= 11 is 0. The third kappa shape index (κ3) is 3.30. The molecule has 2 aromatic rings. The van der Waals surface area contributed by atoms with Crippen molar-refractivity contribution in [3.63, 3.8) is 0 Å². The van der Waals surface area contributed by atoms with Crippen LogP contribution in [0.4, 0.5) is 0 Å². The molecule has 1 aliphatic carbocycles. The Bertz CT molecular complexity index is 972. The first-order chi connectivity index (χ1) is 13.0. The predicted octanol–water partition coefficient (Wildman–Crippen LogP) is 2.44. The van der Waals surface area contributed by atoms with Crippen molar-refractivity contribution in [1.82, 2.24) is 4.72 Å². The van der Waals surface area contributed by atoms with Crippen LogP contribution in [0.3, 0.4) is 0 Å². The van der Waals surface area contributed by atoms with Gasteiger partial charge in [0.25, 0.3) is 0 Å². The molecule has 1 aliphatic heterocycles. The van der Waals surface area contributed by atoms with Crippen LogP contribution in [0.15, 0.2) is 35.2 Å². The third-order valence-electron chi connectivity index (χ3n) is 5.02. The molecule has 1 heterocycles. The van der Waals surface area contributed by atoms with Crippen molar-refractivity contribution in [2.24, 2.45) is 0 Å². The normalized spacial score (nSPS) is 17.6. The van der Waals surface area contributed by atoms with Crippen molar-refractivity contribution in [3.05, 3.63) is 41.5 Å². The molecule has 1 N–H and O–H groups in total. The first-order valence-electron chi connectivity index (χ1n) is 8.66. The minimum absolute atomic E-state index is 0.0867. The van der Waals surface area contributed by atoms with Crippen LogP contribution < -0.4 is 23.7 Å². The molecule has 0 radical (unpaired) electrons. The largest absolute Gasteiger partial charge is 0.493 e. The summed E-state index contributed by atoms with van der Waals surface area (Å²) in [6, 6.07) is 8.54. The first kappa shape index (κ1) is 17.9. The van der Waals surface area contributed by atoms with Crippen molar-refractivity contribution in [2.75, 3.05) is 27.6 Å². The molecule has 0 bridgehead atoms. The monoisotopic (exact) mass is 391 g/mol. The van der Waals surface area contributed by atoms with Crippen LogP contribution in [-0.2, 0) is 16.4 Å². The fraction of sp³-hybridized carbons (Fsp3) is 0.368. The summed E-state index contributed by atoms with van der Waals surface area (Å²) < 4.78 is 49.3. The van der Waals surface area contributed by atoms with Crippen LogP contribution >= 0.6 is 0 Å². The highest BCUT2D eigenvalue weighted by Crippen LogP contribution is 2.40. The number of fused-ring (bicyclic) bond motifs is 2. The van der Waals surface area contributed by atoms with E-state index in [0.717, 1.165) is 18.4 Å². The van der Waals surface area contributed by atoms with E-state index in [9.17, 15) is 8.42 Å². The van der Waals surface area contributed by atoms with Crippen molar-refractivity contribution < 1.29 is 27.4 Å². The van der Waals surface area contributed by atoms with E-state index in [4.69, 9.17) is 18.9 Å². The molecule has 2 aliphatic rings. The number of ether oxygens (including phenoxy) is 4. The van der Waals surface area contributed by atoms with E-state index in [2.05, 4.69) is 4.72 Å². The maximum atomic E-state index is 12.7. The van der Waals surface area contributed by atoms with E-state index in [1.165, 1.54) is 17.7 Å². The summed E-state index contributed by atoms with van der Waals surface area (Å²) in [6.07, 6.45) is 1.75. The SMILES string of the molecule is COc1cc2c(cc1OC)C(CNS(=O)(=O)c1ccc3c(c1)OCO3)CC2. The van der Waals surface area contributed by atoms with E-state index < -0.39 is 10.0 Å². The van der Waals surface area contributed by atoms with Gasteiger partial charge in [0.1, 0.15) is 0 Å². The highest BCUT2D eigenvalue weighted by atomic mass is 32.2. The lowest BCUT2D eigenvalue weighted by Gasteiger charge is -2.15. The molecule has 0 aromatic heterocycles. The second-order valence-electron chi connectivity index (χ2n) is 6.51. The summed E-state index contributed by atoms with van der Waals surface area (Å²) in [5, 5.41) is 0. The molecular formula is C19H21NO6S. The lowest BCUT2D eigenvalue weighted by Crippen LogP contribution is -2.28. The first-order valence-corrected chi connectivity index (χ1v) is 10.1. The zero-order valence-corrected chi connectivity index (χ0v) is 16.0. The molecule has 27 heavy (non-hydrogen) atoms. The number of methoxy groups -OCH3 is 2. The number of rotatable bonds is 6. The molecule has 4 rings (SSSR count). The van der Waals surface area contributed by atoms with Gasteiger partial charge < -0.3 is 18.9 Å². The smallest absolute Gasteiger partial charge is 0.240 e. The van der Waals surface area contributed by atoms with Crippen LogP contribution in [0, 0.1) is 0 Å². The predicted molar refractivity (Wildman–Crippen MR) is 98.4 cm³/mol. The van der Waals surface area contributed by atoms with E-state index in [0.29, 0.717) is 29.5 Å². The van der Waals surface area contributed by atoms with Crippen LogP contribution in [0.2, 0.25) is 0 Å². The Morgan fingerprint density at radius 1 is 1.07 bits per heavy atom. The number of hydrogen-bond acceptors (Lipinski definition) is 6. The Morgan fingerprint density at radius 3 is 2.59 bits per heavy atom. The Kier molecular flexibility index (Phi) is 4.61. The number of sulfonamides is 1. The minimum atomic E-state index is -3.64. The number of nitrogens with one attached hydrogen (secondary N) is 1. The molecule has 1 atom stereocenters. The van der Waals surface area contributed by atoms with Crippen LogP contribution in [0.1, 0.15) is 23.5 Å². The summed E-state index contributed by atoms with van der Waals surface area (Å²) in [4.78, 5) is 0.164. The van der Waals surface area contributed by atoms with Crippen molar-refractivity contribution >= 4 is 10.0 Å². The molecule has 0 fully saturated rings. The van der Waals surface area contributed by atoms with Gasteiger partial charge in [0.05, 0.1) is 19.1 Å². The number of aryl methyl sites for hydroxylation is 1. The van der Waals surface area contributed by atoms with Gasteiger partial charge in [-0.05, 0) is 54.2 Å². The quantitative estimate of drug-likeness (QED) is 0.814. The molecule has 0 saturated carbocycles. The van der Waals surface area contributed by atoms with Gasteiger partial charge in [-0.1, -0.05) is 0 Å². The number of hydrogen-bond donors (Lipinski definition) is 1. The average Bonchev–Trinajstić information content (AvgIpc) is 3.30. The molecule has 0 saturated heterocycles. The maximum Gasteiger partial charge on any atom is 0.240 e. The van der Waals surface area contributed by atoms with Gasteiger partial charge in [-0.25, -0.2) is 13.1 Å². The molecule has 1 unspecified atom stereocenters. The van der Waals surface area contributed by atoms with Gasteiger partial charge in [0, 0.05) is 12.6 Å². The van der Waals surface area contributed by atoms with Crippen molar-refractivity contribution in [3.8, 4) is 23.0 Å². The van der Waals surface area contributed by atoms with Gasteiger partial charge in [0.2, 0.25) is 16.8 Å². The topological polar surface area (TPSA) is 83.1 Å². The summed E-state index contributed by atoms with van der Waals surface area (Å²) in [7, 11) is -0.441. The Hall–Kier alpha value is -2.45. The summed E-state index contributed by atoms with van der Waals surface area (Å²) in [6.45, 7) is 0.426. The second-order valence-corrected chi connectivity index (χ2v) is 8.28. The molecule has 8 heteroatoms. The number of benzene rings is 2. The molecular weight excluding hydrogens is 370 g/mol. The Balaban J connectivity index is 1.51. The average molecular weight is 391 g/mol. The Labute approximate surface area is 158 Å². The Morgan fingerprint density at radius 2 is 1.81 bits per heavy atom. The van der Waals surface area contributed by atoms with Gasteiger partial charge in [0.15, 0.2) is 23.0 Å². The molecule has 144 valence electrons. The van der Waals surface area contributed by atoms with Gasteiger partial charge in [-0.15, -0.1) is 0 Å². The zero-order chi connectivity index (χ0) is 19.0. The van der Waals surface area contributed by atoms with Crippen LogP contribution in [0.25, 0.3) is 0 Å². The van der Waals surface area contributed by atoms with Crippen molar-refractivity contribution in [2.45, 2.75) is 23.7 Å². The minimum Gasteiger partial charge on any atom is -0.493 e. The van der Waals surface area contributed by atoms with E-state index >= 15 is 0 Å². The third-order valence-corrected chi connectivity index (χ3v) is 6.44. The standard InChI is InChI=1S/C19H21NO6S/c1-23-17-7-12-3-4-13(15(12)9-18(17)24-2)10-20-27(21,22)14-5-6-16-19(8-14)26-11-25-16/h5-9,13,20H,3-4,10-11H2,1-2H3. The highest BCUT2D eigenvalue weighted by Gasteiger charge is 2.27. The second kappa shape index (κ2) is 6.94. The molecule has 0 spiro atoms. The zero-order valence-electron chi connectivity index (χ0n) is 15.2. The van der Waals surface area contributed by atoms with E-state index in [-0.39, 0.29) is 17.6 Å². The van der Waals surface area contributed by atoms with Crippen molar-refractivity contribution in [1.29, 1.82) is 0 Å². The lowest BCUT2D eigenvalue weighted by atomic mass is 10.0. The van der Waals surface area contributed by atoms with Gasteiger partial charge >= 0.3 is 0 Å². The molecule has 0 amide bonds. The lowest BCUT2D eigenvalue weighted by molar-refractivity contribution is 0.174.